The molecule has 0 aliphatic heterocycles. The minimum absolute atomic E-state index is 0.0494. The smallest absolute Gasteiger partial charge is 0.252 e. The molecule has 0 radical (unpaired) electrons. The van der Waals surface area contributed by atoms with Crippen LogP contribution in [-0.4, -0.2) is 32.7 Å². The first-order chi connectivity index (χ1) is 12.7. The summed E-state index contributed by atoms with van der Waals surface area (Å²) in [6.45, 7) is 3.85. The number of sulfonamides is 1. The van der Waals surface area contributed by atoms with Crippen LogP contribution in [0, 0.1) is 19.8 Å². The average molecular weight is 387 g/mol. The van der Waals surface area contributed by atoms with Gasteiger partial charge in [-0.1, -0.05) is 35.9 Å². The van der Waals surface area contributed by atoms with Crippen molar-refractivity contribution in [1.82, 2.24) is 9.62 Å². The molecule has 0 bridgehead atoms. The van der Waals surface area contributed by atoms with Crippen molar-refractivity contribution in [2.45, 2.75) is 37.6 Å². The molecule has 1 aliphatic rings. The van der Waals surface area contributed by atoms with Crippen LogP contribution in [0.5, 0.6) is 0 Å². The van der Waals surface area contributed by atoms with Crippen LogP contribution < -0.4 is 5.32 Å². The quantitative estimate of drug-likeness (QED) is 0.827. The summed E-state index contributed by atoms with van der Waals surface area (Å²) in [7, 11) is -0.623. The van der Waals surface area contributed by atoms with Gasteiger partial charge < -0.3 is 5.32 Å². The third-order valence-electron chi connectivity index (χ3n) is 5.05. The van der Waals surface area contributed by atoms with Crippen LogP contribution in [0.25, 0.3) is 0 Å². The first kappa shape index (κ1) is 19.6. The van der Waals surface area contributed by atoms with Crippen LogP contribution in [0.3, 0.4) is 0 Å². The predicted octanol–water partition coefficient (Wildman–Crippen LogP) is 3.43. The summed E-state index contributed by atoms with van der Waals surface area (Å²) in [5.41, 5.74) is 3.42. The third kappa shape index (κ3) is 4.22. The van der Waals surface area contributed by atoms with Gasteiger partial charge >= 0.3 is 0 Å². The Hall–Kier alpha value is -2.18. The Morgan fingerprint density at radius 3 is 2.26 bits per heavy atom. The van der Waals surface area contributed by atoms with Crippen LogP contribution in [0.2, 0.25) is 0 Å². The molecule has 1 atom stereocenters. The summed E-state index contributed by atoms with van der Waals surface area (Å²) in [5, 5.41) is 3.13. The highest BCUT2D eigenvalue weighted by molar-refractivity contribution is 7.89. The van der Waals surface area contributed by atoms with Gasteiger partial charge in [-0.15, -0.1) is 0 Å². The van der Waals surface area contributed by atoms with E-state index in [9.17, 15) is 13.2 Å². The molecule has 1 amide bonds. The number of carbonyl (C=O) groups excluding carboxylic acids is 1. The van der Waals surface area contributed by atoms with Gasteiger partial charge in [-0.3, -0.25) is 4.79 Å². The molecule has 1 fully saturated rings. The van der Waals surface area contributed by atoms with Crippen LogP contribution in [0.4, 0.5) is 0 Å². The van der Waals surface area contributed by atoms with Crippen molar-refractivity contribution in [3.8, 4) is 0 Å². The molecule has 5 nitrogen and oxygen atoms in total. The summed E-state index contributed by atoms with van der Waals surface area (Å²) in [4.78, 5) is 13.1. The zero-order valence-electron chi connectivity index (χ0n) is 16.2. The van der Waals surface area contributed by atoms with E-state index in [1.54, 1.807) is 12.1 Å². The standard InChI is InChI=1S/C21H26N2O3S/c1-14-5-8-16(9-6-14)20(17-10-11-17)22-21(24)19-13-18(12-7-15(19)2)27(25,26)23(3)4/h5-9,12-13,17,20H,10-11H2,1-4H3,(H,22,24). The fourth-order valence-corrected chi connectivity index (χ4v) is 4.04. The van der Waals surface area contributed by atoms with E-state index < -0.39 is 10.0 Å². The van der Waals surface area contributed by atoms with Gasteiger partial charge in [-0.05, 0) is 55.9 Å². The summed E-state index contributed by atoms with van der Waals surface area (Å²) < 4.78 is 26.0. The average Bonchev–Trinajstić information content (AvgIpc) is 3.45. The third-order valence-corrected chi connectivity index (χ3v) is 6.86. The molecule has 2 aromatic carbocycles. The Morgan fingerprint density at radius 2 is 1.70 bits per heavy atom. The summed E-state index contributed by atoms with van der Waals surface area (Å²) >= 11 is 0. The van der Waals surface area contributed by atoms with Crippen molar-refractivity contribution < 1.29 is 13.2 Å². The highest BCUT2D eigenvalue weighted by atomic mass is 32.2. The summed E-state index contributed by atoms with van der Waals surface area (Å²) in [6, 6.07) is 12.9. The van der Waals surface area contributed by atoms with Gasteiger partial charge in [-0.2, -0.15) is 0 Å². The lowest BCUT2D eigenvalue weighted by Gasteiger charge is -2.20. The number of benzene rings is 2. The second-order valence-corrected chi connectivity index (χ2v) is 9.62. The number of amides is 1. The molecule has 27 heavy (non-hydrogen) atoms. The molecule has 2 aromatic rings. The number of rotatable bonds is 6. The van der Waals surface area contributed by atoms with Gasteiger partial charge in [-0.25, -0.2) is 12.7 Å². The van der Waals surface area contributed by atoms with E-state index in [-0.39, 0.29) is 16.8 Å². The predicted molar refractivity (Wildman–Crippen MR) is 106 cm³/mol. The van der Waals surface area contributed by atoms with Crippen molar-refractivity contribution in [2.24, 2.45) is 5.92 Å². The number of hydrogen-bond acceptors (Lipinski definition) is 3. The minimum atomic E-state index is -3.59. The molecule has 1 aliphatic carbocycles. The lowest BCUT2D eigenvalue weighted by molar-refractivity contribution is 0.0931. The number of nitrogens with zero attached hydrogens (tertiary/aromatic N) is 1. The van der Waals surface area contributed by atoms with Gasteiger partial charge in [0.15, 0.2) is 0 Å². The maximum atomic E-state index is 13.0. The number of aryl methyl sites for hydroxylation is 2. The molecular formula is C21H26N2O3S. The van der Waals surface area contributed by atoms with E-state index in [4.69, 9.17) is 0 Å². The first-order valence-electron chi connectivity index (χ1n) is 9.11. The van der Waals surface area contributed by atoms with Gasteiger partial charge in [0, 0.05) is 19.7 Å². The minimum Gasteiger partial charge on any atom is -0.345 e. The Bertz CT molecular complexity index is 946. The van der Waals surface area contributed by atoms with Crippen molar-refractivity contribution >= 4 is 15.9 Å². The largest absolute Gasteiger partial charge is 0.345 e. The van der Waals surface area contributed by atoms with Gasteiger partial charge in [0.2, 0.25) is 10.0 Å². The van der Waals surface area contributed by atoms with Crippen molar-refractivity contribution in [2.75, 3.05) is 14.1 Å². The normalized spacial score (nSPS) is 15.6. The van der Waals surface area contributed by atoms with Crippen LogP contribution in [0.15, 0.2) is 47.4 Å². The zero-order valence-corrected chi connectivity index (χ0v) is 17.0. The van der Waals surface area contributed by atoms with Crippen LogP contribution >= 0.6 is 0 Å². The van der Waals surface area contributed by atoms with Gasteiger partial charge in [0.25, 0.3) is 5.91 Å². The maximum Gasteiger partial charge on any atom is 0.252 e. The second-order valence-electron chi connectivity index (χ2n) is 7.46. The number of hydrogen-bond donors (Lipinski definition) is 1. The molecule has 3 rings (SSSR count). The van der Waals surface area contributed by atoms with E-state index in [0.717, 1.165) is 28.3 Å². The van der Waals surface area contributed by atoms with Crippen LogP contribution in [0.1, 0.15) is 45.9 Å². The fraction of sp³-hybridized carbons (Fsp3) is 0.381. The number of carbonyl (C=O) groups is 1. The van der Waals surface area contributed by atoms with E-state index >= 15 is 0 Å². The van der Waals surface area contributed by atoms with E-state index in [1.165, 1.54) is 25.7 Å². The molecule has 0 aromatic heterocycles. The second kappa shape index (κ2) is 7.44. The van der Waals surface area contributed by atoms with E-state index in [1.807, 2.05) is 26.0 Å². The molecule has 0 heterocycles. The topological polar surface area (TPSA) is 66.5 Å². The lowest BCUT2D eigenvalue weighted by Crippen LogP contribution is -2.31. The SMILES string of the molecule is Cc1ccc(C(NC(=O)c2cc(S(=O)(=O)N(C)C)ccc2C)C2CC2)cc1. The van der Waals surface area contributed by atoms with Gasteiger partial charge in [0.05, 0.1) is 10.9 Å². The molecule has 1 unspecified atom stereocenters. The molecule has 1 N–H and O–H groups in total. The van der Waals surface area contributed by atoms with E-state index in [0.29, 0.717) is 11.5 Å². The van der Waals surface area contributed by atoms with Gasteiger partial charge in [0.1, 0.15) is 0 Å². The zero-order chi connectivity index (χ0) is 19.8. The van der Waals surface area contributed by atoms with Crippen molar-refractivity contribution in [3.05, 3.63) is 64.7 Å². The molecule has 0 saturated heterocycles. The lowest BCUT2D eigenvalue weighted by atomic mass is 10.00. The van der Waals surface area contributed by atoms with Crippen LogP contribution in [-0.2, 0) is 10.0 Å². The Morgan fingerprint density at radius 1 is 1.07 bits per heavy atom. The highest BCUT2D eigenvalue weighted by Gasteiger charge is 2.34. The maximum absolute atomic E-state index is 13.0. The summed E-state index contributed by atoms with van der Waals surface area (Å²) in [5.74, 6) is 0.200. The van der Waals surface area contributed by atoms with Crippen molar-refractivity contribution in [3.63, 3.8) is 0 Å². The molecule has 0 spiro atoms. The Labute approximate surface area is 161 Å². The Kier molecular flexibility index (Phi) is 5.40. The first-order valence-corrected chi connectivity index (χ1v) is 10.5. The molecule has 144 valence electrons. The Balaban J connectivity index is 1.89. The van der Waals surface area contributed by atoms with E-state index in [2.05, 4.69) is 17.4 Å². The molecule has 6 heteroatoms. The highest BCUT2D eigenvalue weighted by Crippen LogP contribution is 2.41. The molecular weight excluding hydrogens is 360 g/mol. The summed E-state index contributed by atoms with van der Waals surface area (Å²) in [6.07, 6.45) is 2.18. The van der Waals surface area contributed by atoms with Crippen molar-refractivity contribution in [1.29, 1.82) is 0 Å². The fourth-order valence-electron chi connectivity index (χ4n) is 3.11. The monoisotopic (exact) mass is 386 g/mol. The molecule has 1 saturated carbocycles. The number of nitrogens with one attached hydrogen (secondary N) is 1.